The lowest BCUT2D eigenvalue weighted by atomic mass is 10.2. The van der Waals surface area contributed by atoms with E-state index in [4.69, 9.17) is 12.2 Å². The molecule has 0 aliphatic heterocycles. The minimum atomic E-state index is 0.725. The van der Waals surface area contributed by atoms with Crippen LogP contribution in [0.5, 0.6) is 0 Å². The summed E-state index contributed by atoms with van der Waals surface area (Å²) < 4.78 is 3.85. The van der Waals surface area contributed by atoms with Gasteiger partial charge in [0, 0.05) is 16.9 Å². The van der Waals surface area contributed by atoms with Gasteiger partial charge in [0.15, 0.2) is 4.77 Å². The largest absolute Gasteiger partial charge is 0.331 e. The van der Waals surface area contributed by atoms with Crippen molar-refractivity contribution in [1.82, 2.24) is 14.5 Å². The fourth-order valence-corrected chi connectivity index (χ4v) is 2.58. The third kappa shape index (κ3) is 2.11. The smallest absolute Gasteiger partial charge is 0.178 e. The Hall–Kier alpha value is -1.46. The molecule has 3 aromatic rings. The van der Waals surface area contributed by atoms with Gasteiger partial charge in [-0.1, -0.05) is 22.0 Å². The van der Waals surface area contributed by atoms with Crippen LogP contribution in [0.15, 0.2) is 47.2 Å². The molecular weight excluding hydrogens is 310 g/mol. The van der Waals surface area contributed by atoms with E-state index >= 15 is 0 Å². The second kappa shape index (κ2) is 4.66. The lowest BCUT2D eigenvalue weighted by molar-refractivity contribution is 0.806. The van der Waals surface area contributed by atoms with E-state index in [-0.39, 0.29) is 0 Å². The number of halogens is 1. The number of hydrogen-bond donors (Lipinski definition) is 1. The predicted molar refractivity (Wildman–Crippen MR) is 78.2 cm³/mol. The van der Waals surface area contributed by atoms with E-state index in [0.717, 1.165) is 32.4 Å². The molecule has 0 radical (unpaired) electrons. The molecule has 1 aromatic carbocycles. The number of nitrogens with one attached hydrogen (secondary N) is 1. The van der Waals surface area contributed by atoms with E-state index in [1.807, 2.05) is 30.5 Å². The summed E-state index contributed by atoms with van der Waals surface area (Å²) in [5.41, 5.74) is 3.28. The second-order valence-corrected chi connectivity index (χ2v) is 5.34. The monoisotopic (exact) mass is 319 g/mol. The van der Waals surface area contributed by atoms with E-state index < -0.39 is 0 Å². The zero-order valence-corrected chi connectivity index (χ0v) is 11.8. The van der Waals surface area contributed by atoms with E-state index in [9.17, 15) is 0 Å². The fourth-order valence-electron chi connectivity index (χ4n) is 1.96. The van der Waals surface area contributed by atoms with Crippen molar-refractivity contribution in [2.45, 2.75) is 6.54 Å². The normalized spacial score (nSPS) is 10.9. The van der Waals surface area contributed by atoms with Crippen LogP contribution in [0, 0.1) is 4.77 Å². The van der Waals surface area contributed by atoms with Gasteiger partial charge in [-0.15, -0.1) is 0 Å². The van der Waals surface area contributed by atoms with Crippen LogP contribution in [-0.4, -0.2) is 14.5 Å². The molecule has 0 fully saturated rings. The number of pyridine rings is 1. The molecule has 0 amide bonds. The van der Waals surface area contributed by atoms with E-state index in [0.29, 0.717) is 0 Å². The molecule has 0 atom stereocenters. The van der Waals surface area contributed by atoms with Crippen LogP contribution in [0.25, 0.3) is 11.0 Å². The first-order valence-corrected chi connectivity index (χ1v) is 6.71. The Kier molecular flexibility index (Phi) is 3.01. The van der Waals surface area contributed by atoms with Gasteiger partial charge in [-0.25, -0.2) is 0 Å². The number of hydrogen-bond acceptors (Lipinski definition) is 2. The molecule has 0 saturated carbocycles. The number of H-pyrrole nitrogens is 1. The zero-order chi connectivity index (χ0) is 12.5. The topological polar surface area (TPSA) is 33.6 Å². The Bertz CT molecular complexity index is 746. The molecule has 3 rings (SSSR count). The van der Waals surface area contributed by atoms with Crippen molar-refractivity contribution in [2.24, 2.45) is 0 Å². The lowest BCUT2D eigenvalue weighted by Crippen LogP contribution is -1.99. The lowest BCUT2D eigenvalue weighted by Gasteiger charge is -2.04. The van der Waals surface area contributed by atoms with Crippen molar-refractivity contribution in [3.8, 4) is 0 Å². The Morgan fingerprint density at radius 3 is 3.00 bits per heavy atom. The van der Waals surface area contributed by atoms with Gasteiger partial charge in [-0.05, 0) is 42.0 Å². The van der Waals surface area contributed by atoms with Crippen LogP contribution in [0.1, 0.15) is 5.56 Å². The Morgan fingerprint density at radius 1 is 1.33 bits per heavy atom. The number of benzene rings is 1. The molecule has 5 heteroatoms. The Balaban J connectivity index is 2.14. The van der Waals surface area contributed by atoms with Crippen molar-refractivity contribution in [3.63, 3.8) is 0 Å². The molecule has 0 spiro atoms. The van der Waals surface area contributed by atoms with Crippen LogP contribution in [0.4, 0.5) is 0 Å². The van der Waals surface area contributed by atoms with Crippen LogP contribution in [0.3, 0.4) is 0 Å². The summed E-state index contributed by atoms with van der Waals surface area (Å²) in [7, 11) is 0. The van der Waals surface area contributed by atoms with E-state index in [1.54, 1.807) is 6.20 Å². The fraction of sp³-hybridized carbons (Fsp3) is 0.0769. The third-order valence-corrected chi connectivity index (χ3v) is 3.62. The second-order valence-electron chi connectivity index (χ2n) is 4.04. The number of nitrogens with zero attached hydrogens (tertiary/aromatic N) is 2. The van der Waals surface area contributed by atoms with Gasteiger partial charge in [-0.3, -0.25) is 4.98 Å². The average molecular weight is 320 g/mol. The van der Waals surface area contributed by atoms with Crippen LogP contribution in [0.2, 0.25) is 0 Å². The van der Waals surface area contributed by atoms with Crippen molar-refractivity contribution in [2.75, 3.05) is 0 Å². The van der Waals surface area contributed by atoms with Crippen molar-refractivity contribution in [1.29, 1.82) is 0 Å². The summed E-state index contributed by atoms with van der Waals surface area (Å²) in [6.07, 6.45) is 3.63. The maximum Gasteiger partial charge on any atom is 0.178 e. The van der Waals surface area contributed by atoms with Gasteiger partial charge in [0.25, 0.3) is 0 Å². The first kappa shape index (κ1) is 11.6. The average Bonchev–Trinajstić information content (AvgIpc) is 2.67. The Labute approximate surface area is 118 Å². The highest BCUT2D eigenvalue weighted by atomic mass is 79.9. The van der Waals surface area contributed by atoms with Gasteiger partial charge in [0.2, 0.25) is 0 Å². The minimum Gasteiger partial charge on any atom is -0.331 e. The van der Waals surface area contributed by atoms with Gasteiger partial charge < -0.3 is 9.55 Å². The summed E-state index contributed by atoms with van der Waals surface area (Å²) in [6.45, 7) is 0.725. The highest BCUT2D eigenvalue weighted by molar-refractivity contribution is 9.10. The molecule has 0 unspecified atom stereocenters. The Morgan fingerprint density at radius 2 is 2.22 bits per heavy atom. The molecule has 90 valence electrons. The standard InChI is InChI=1S/C13H10BrN3S/c14-10-3-4-11-12(6-10)17(13(18)16-11)8-9-2-1-5-15-7-9/h1-7H,8H2,(H,16,18). The summed E-state index contributed by atoms with van der Waals surface area (Å²) in [4.78, 5) is 7.34. The maximum absolute atomic E-state index is 5.37. The van der Waals surface area contributed by atoms with Gasteiger partial charge >= 0.3 is 0 Å². The molecule has 2 aromatic heterocycles. The van der Waals surface area contributed by atoms with Gasteiger partial charge in [-0.2, -0.15) is 0 Å². The number of fused-ring (bicyclic) bond motifs is 1. The quantitative estimate of drug-likeness (QED) is 0.727. The molecule has 3 nitrogen and oxygen atoms in total. The van der Waals surface area contributed by atoms with Crippen molar-refractivity contribution >= 4 is 39.2 Å². The first-order valence-electron chi connectivity index (χ1n) is 5.51. The molecule has 0 aliphatic carbocycles. The maximum atomic E-state index is 5.37. The van der Waals surface area contributed by atoms with Crippen LogP contribution >= 0.6 is 28.1 Å². The van der Waals surface area contributed by atoms with Crippen molar-refractivity contribution < 1.29 is 0 Å². The highest BCUT2D eigenvalue weighted by Crippen LogP contribution is 2.20. The van der Waals surface area contributed by atoms with E-state index in [1.165, 1.54) is 0 Å². The molecular formula is C13H10BrN3S. The summed E-state index contributed by atoms with van der Waals surface area (Å²) >= 11 is 8.85. The predicted octanol–water partition coefficient (Wildman–Crippen LogP) is 3.90. The molecule has 0 saturated heterocycles. The van der Waals surface area contributed by atoms with Crippen LogP contribution in [-0.2, 0) is 6.54 Å². The SMILES string of the molecule is S=c1[nH]c2ccc(Br)cc2n1Cc1cccnc1. The summed E-state index contributed by atoms with van der Waals surface area (Å²) in [5.74, 6) is 0. The molecule has 2 heterocycles. The minimum absolute atomic E-state index is 0.725. The number of aromatic amines is 1. The van der Waals surface area contributed by atoms with Gasteiger partial charge in [0.1, 0.15) is 0 Å². The van der Waals surface area contributed by atoms with Gasteiger partial charge in [0.05, 0.1) is 17.6 Å². The first-order chi connectivity index (χ1) is 8.74. The molecule has 0 bridgehead atoms. The number of rotatable bonds is 2. The zero-order valence-electron chi connectivity index (χ0n) is 9.43. The highest BCUT2D eigenvalue weighted by Gasteiger charge is 2.05. The van der Waals surface area contributed by atoms with Crippen molar-refractivity contribution in [3.05, 3.63) is 57.5 Å². The van der Waals surface area contributed by atoms with E-state index in [2.05, 4.69) is 36.5 Å². The molecule has 1 N–H and O–H groups in total. The third-order valence-electron chi connectivity index (χ3n) is 2.80. The summed E-state index contributed by atoms with van der Waals surface area (Å²) in [6, 6.07) is 10.1. The molecule has 0 aliphatic rings. The molecule has 18 heavy (non-hydrogen) atoms. The number of aromatic nitrogens is 3. The number of imidazole rings is 1. The summed E-state index contributed by atoms with van der Waals surface area (Å²) in [5, 5.41) is 0. The van der Waals surface area contributed by atoms with Crippen LogP contribution < -0.4 is 0 Å².